The average Bonchev–Trinajstić information content (AvgIpc) is 3.24. The Hall–Kier alpha value is -3.00. The lowest BCUT2D eigenvalue weighted by molar-refractivity contribution is 0.177. The molecule has 1 atom stereocenters. The molecule has 8 heteroatoms. The molecule has 1 aliphatic rings. The van der Waals surface area contributed by atoms with Crippen molar-refractivity contribution in [3.63, 3.8) is 0 Å². The van der Waals surface area contributed by atoms with E-state index < -0.39 is 6.09 Å². The highest BCUT2D eigenvalue weighted by Gasteiger charge is 2.26. The summed E-state index contributed by atoms with van der Waals surface area (Å²) in [6.45, 7) is 2.32. The van der Waals surface area contributed by atoms with Crippen LogP contribution in [0, 0.1) is 6.92 Å². The van der Waals surface area contributed by atoms with Gasteiger partial charge in [0, 0.05) is 12.4 Å². The quantitative estimate of drug-likeness (QED) is 0.747. The van der Waals surface area contributed by atoms with Crippen LogP contribution in [0.2, 0.25) is 0 Å². The van der Waals surface area contributed by atoms with Gasteiger partial charge in [-0.1, -0.05) is 6.07 Å². The maximum atomic E-state index is 11.2. The van der Waals surface area contributed by atoms with Crippen LogP contribution in [-0.2, 0) is 4.74 Å². The molecule has 7 nitrogen and oxygen atoms in total. The van der Waals surface area contributed by atoms with E-state index in [0.717, 1.165) is 27.0 Å². The maximum Gasteiger partial charge on any atom is 0.407 e. The summed E-state index contributed by atoms with van der Waals surface area (Å²) in [5.74, 6) is 1.46. The molecule has 0 aromatic carbocycles. The molecule has 1 amide bonds. The number of nitrogens with zero attached hydrogens (tertiary/aromatic N) is 3. The normalized spacial score (nSPS) is 16.4. The number of aromatic nitrogens is 3. The Labute approximate surface area is 148 Å². The Morgan fingerprint density at radius 1 is 1.28 bits per heavy atom. The number of rotatable bonds is 4. The number of hydrogen-bond donors (Lipinski definition) is 2. The van der Waals surface area contributed by atoms with Crippen LogP contribution in [0.1, 0.15) is 16.6 Å². The van der Waals surface area contributed by atoms with E-state index in [4.69, 9.17) is 4.74 Å². The topological polar surface area (TPSA) is 89.0 Å². The minimum Gasteiger partial charge on any atom is -0.447 e. The molecule has 0 aliphatic carbocycles. The first kappa shape index (κ1) is 15.5. The summed E-state index contributed by atoms with van der Waals surface area (Å²) < 4.78 is 4.91. The minimum absolute atomic E-state index is 0.191. The molecule has 4 heterocycles. The number of nitrogens with one attached hydrogen (secondary N) is 2. The third-order valence-electron chi connectivity index (χ3n) is 3.67. The first-order valence-electron chi connectivity index (χ1n) is 7.73. The predicted molar refractivity (Wildman–Crippen MR) is 94.8 cm³/mol. The molecule has 1 unspecified atom stereocenters. The van der Waals surface area contributed by atoms with E-state index in [1.807, 2.05) is 37.3 Å². The molecule has 1 fully saturated rings. The lowest BCUT2D eigenvalue weighted by atomic mass is 10.3. The Morgan fingerprint density at radius 2 is 2.20 bits per heavy atom. The van der Waals surface area contributed by atoms with Crippen molar-refractivity contribution in [3.8, 4) is 10.6 Å². The molecule has 126 valence electrons. The standard InChI is InChI=1S/C17H15N5O2S/c1-10-5-6-18-15(7-10)22-14-4-2-3-11(20-14)13-8-19-16(25-13)12-9-24-17(23)21-12/h2-8,12H,9H2,1H3,(H,21,23)(H,18,20,22). The molecular formula is C17H15N5O2S. The molecule has 4 rings (SSSR count). The first-order valence-corrected chi connectivity index (χ1v) is 8.55. The second kappa shape index (κ2) is 6.48. The van der Waals surface area contributed by atoms with Gasteiger partial charge < -0.3 is 15.4 Å². The van der Waals surface area contributed by atoms with E-state index in [9.17, 15) is 4.79 Å². The van der Waals surface area contributed by atoms with Gasteiger partial charge in [-0.05, 0) is 36.8 Å². The van der Waals surface area contributed by atoms with Crippen molar-refractivity contribution in [1.82, 2.24) is 20.3 Å². The monoisotopic (exact) mass is 353 g/mol. The summed E-state index contributed by atoms with van der Waals surface area (Å²) in [5.41, 5.74) is 1.94. The number of amides is 1. The molecule has 3 aromatic rings. The maximum absolute atomic E-state index is 11.2. The Morgan fingerprint density at radius 3 is 3.00 bits per heavy atom. The molecule has 0 saturated carbocycles. The number of alkyl carbamates (subject to hydrolysis) is 1. The van der Waals surface area contributed by atoms with Crippen LogP contribution in [0.15, 0.2) is 42.7 Å². The summed E-state index contributed by atoms with van der Waals surface area (Å²) >= 11 is 1.49. The second-order valence-electron chi connectivity index (χ2n) is 5.61. The van der Waals surface area contributed by atoms with Gasteiger partial charge in [-0.25, -0.2) is 19.7 Å². The summed E-state index contributed by atoms with van der Waals surface area (Å²) in [6.07, 6.45) is 3.12. The molecule has 0 spiro atoms. The van der Waals surface area contributed by atoms with Gasteiger partial charge in [0.25, 0.3) is 0 Å². The highest BCUT2D eigenvalue weighted by Crippen LogP contribution is 2.30. The summed E-state index contributed by atoms with van der Waals surface area (Å²) in [7, 11) is 0. The zero-order chi connectivity index (χ0) is 17.2. The summed E-state index contributed by atoms with van der Waals surface area (Å²) in [5, 5.41) is 6.74. The van der Waals surface area contributed by atoms with Gasteiger partial charge in [-0.2, -0.15) is 0 Å². The number of carbonyl (C=O) groups is 1. The van der Waals surface area contributed by atoms with Crippen LogP contribution in [-0.4, -0.2) is 27.7 Å². The largest absolute Gasteiger partial charge is 0.447 e. The number of pyridine rings is 2. The first-order chi connectivity index (χ1) is 12.2. The number of ether oxygens (including phenoxy) is 1. The number of thiazole rings is 1. The third-order valence-corrected chi connectivity index (χ3v) is 4.80. The van der Waals surface area contributed by atoms with Gasteiger partial charge in [0.15, 0.2) is 0 Å². The number of anilines is 2. The van der Waals surface area contributed by atoms with Crippen LogP contribution < -0.4 is 10.6 Å². The van der Waals surface area contributed by atoms with Crippen molar-refractivity contribution in [1.29, 1.82) is 0 Å². The smallest absolute Gasteiger partial charge is 0.407 e. The van der Waals surface area contributed by atoms with E-state index in [1.54, 1.807) is 12.4 Å². The number of cyclic esters (lactones) is 1. The Bertz CT molecular complexity index is 927. The van der Waals surface area contributed by atoms with E-state index in [-0.39, 0.29) is 6.04 Å². The highest BCUT2D eigenvalue weighted by molar-refractivity contribution is 7.15. The fourth-order valence-electron chi connectivity index (χ4n) is 2.46. The molecule has 1 aliphatic heterocycles. The van der Waals surface area contributed by atoms with Gasteiger partial charge in [0.05, 0.1) is 10.6 Å². The van der Waals surface area contributed by atoms with Gasteiger partial charge in [0.1, 0.15) is 29.3 Å². The number of hydrogen-bond acceptors (Lipinski definition) is 7. The third kappa shape index (κ3) is 3.43. The van der Waals surface area contributed by atoms with Crippen molar-refractivity contribution >= 4 is 29.1 Å². The highest BCUT2D eigenvalue weighted by atomic mass is 32.1. The number of aryl methyl sites for hydroxylation is 1. The molecule has 0 radical (unpaired) electrons. The van der Waals surface area contributed by atoms with Crippen LogP contribution in [0.3, 0.4) is 0 Å². The van der Waals surface area contributed by atoms with Gasteiger partial charge in [-0.15, -0.1) is 11.3 Å². The van der Waals surface area contributed by atoms with E-state index in [1.165, 1.54) is 11.3 Å². The molecule has 2 N–H and O–H groups in total. The van der Waals surface area contributed by atoms with E-state index in [0.29, 0.717) is 12.4 Å². The fraction of sp³-hybridized carbons (Fsp3) is 0.176. The zero-order valence-electron chi connectivity index (χ0n) is 13.4. The van der Waals surface area contributed by atoms with Crippen molar-refractivity contribution < 1.29 is 9.53 Å². The minimum atomic E-state index is -0.406. The predicted octanol–water partition coefficient (Wildman–Crippen LogP) is 3.43. The average molecular weight is 353 g/mol. The van der Waals surface area contributed by atoms with Crippen molar-refractivity contribution in [2.45, 2.75) is 13.0 Å². The molecule has 25 heavy (non-hydrogen) atoms. The number of carbonyl (C=O) groups excluding carboxylic acids is 1. The lowest BCUT2D eigenvalue weighted by Gasteiger charge is -2.06. The summed E-state index contributed by atoms with van der Waals surface area (Å²) in [6, 6.07) is 9.46. The van der Waals surface area contributed by atoms with Gasteiger partial charge >= 0.3 is 6.09 Å². The lowest BCUT2D eigenvalue weighted by Crippen LogP contribution is -2.17. The van der Waals surface area contributed by atoms with Crippen LogP contribution in [0.5, 0.6) is 0 Å². The van der Waals surface area contributed by atoms with Crippen LogP contribution in [0.4, 0.5) is 16.4 Å². The van der Waals surface area contributed by atoms with Gasteiger partial charge in [-0.3, -0.25) is 0 Å². The summed E-state index contributed by atoms with van der Waals surface area (Å²) in [4.78, 5) is 25.4. The molecule has 3 aromatic heterocycles. The van der Waals surface area contributed by atoms with E-state index >= 15 is 0 Å². The van der Waals surface area contributed by atoms with Crippen LogP contribution >= 0.6 is 11.3 Å². The Kier molecular flexibility index (Phi) is 4.02. The zero-order valence-corrected chi connectivity index (χ0v) is 14.2. The SMILES string of the molecule is Cc1ccnc(Nc2cccc(-c3cnc(C4COC(=O)N4)s3)n2)c1. The van der Waals surface area contributed by atoms with E-state index in [2.05, 4.69) is 25.6 Å². The van der Waals surface area contributed by atoms with Crippen molar-refractivity contribution in [3.05, 3.63) is 53.3 Å². The molecule has 1 saturated heterocycles. The van der Waals surface area contributed by atoms with Crippen LogP contribution in [0.25, 0.3) is 10.6 Å². The van der Waals surface area contributed by atoms with Gasteiger partial charge in [0.2, 0.25) is 0 Å². The molecule has 0 bridgehead atoms. The molecular weight excluding hydrogens is 338 g/mol. The fourth-order valence-corrected chi connectivity index (χ4v) is 3.39. The van der Waals surface area contributed by atoms with Crippen molar-refractivity contribution in [2.24, 2.45) is 0 Å². The van der Waals surface area contributed by atoms with Crippen molar-refractivity contribution in [2.75, 3.05) is 11.9 Å². The second-order valence-corrected chi connectivity index (χ2v) is 6.67. The Balaban J connectivity index is 1.55.